The Hall–Kier alpha value is -0.760. The molecule has 0 N–H and O–H groups in total. The second-order valence-corrected chi connectivity index (χ2v) is 4.42. The molecule has 0 aromatic heterocycles. The van der Waals surface area contributed by atoms with Gasteiger partial charge in [0.2, 0.25) is 0 Å². The lowest BCUT2D eigenvalue weighted by atomic mass is 9.99. The Morgan fingerprint density at radius 1 is 1.62 bits per heavy atom. The maximum Gasteiger partial charge on any atom is 0.117 e. The van der Waals surface area contributed by atoms with Crippen LogP contribution >= 0.6 is 0 Å². The average molecular weight is 177 g/mol. The van der Waals surface area contributed by atoms with Crippen LogP contribution in [0.3, 0.4) is 0 Å². The number of likely N-dealkylation sites (N-methyl/N-ethyl adjacent to an activating group) is 1. The van der Waals surface area contributed by atoms with Gasteiger partial charge in [0, 0.05) is 12.5 Å². The Morgan fingerprint density at radius 3 is 3.31 bits per heavy atom. The molecule has 1 saturated carbocycles. The van der Waals surface area contributed by atoms with Gasteiger partial charge in [-0.05, 0) is 26.5 Å². The Labute approximate surface area is 78.9 Å². The highest BCUT2D eigenvalue weighted by Gasteiger charge is 2.62. The molecule has 0 aromatic rings. The summed E-state index contributed by atoms with van der Waals surface area (Å²) in [7, 11) is 2.21. The van der Waals surface area contributed by atoms with Gasteiger partial charge in [-0.25, -0.2) is 0 Å². The van der Waals surface area contributed by atoms with Gasteiger partial charge in [0.1, 0.15) is 12.4 Å². The molecule has 0 amide bonds. The van der Waals surface area contributed by atoms with Crippen LogP contribution in [0.1, 0.15) is 13.3 Å². The molecule has 3 aliphatic rings. The van der Waals surface area contributed by atoms with Crippen LogP contribution in [-0.2, 0) is 4.74 Å². The number of hydrogen-bond acceptors (Lipinski definition) is 2. The number of ether oxygens (including phenoxy) is 1. The molecule has 2 aliphatic carbocycles. The van der Waals surface area contributed by atoms with E-state index in [-0.39, 0.29) is 5.54 Å². The fraction of sp³-hybridized carbons (Fsp3) is 0.636. The second-order valence-electron chi connectivity index (χ2n) is 4.42. The van der Waals surface area contributed by atoms with Crippen LogP contribution in [0.25, 0.3) is 0 Å². The summed E-state index contributed by atoms with van der Waals surface area (Å²) in [4.78, 5) is 2.45. The van der Waals surface area contributed by atoms with Crippen molar-refractivity contribution in [1.29, 1.82) is 0 Å². The Morgan fingerprint density at radius 2 is 2.46 bits per heavy atom. The summed E-state index contributed by atoms with van der Waals surface area (Å²) >= 11 is 0. The lowest BCUT2D eigenvalue weighted by molar-refractivity contribution is 0.0475. The van der Waals surface area contributed by atoms with E-state index in [0.29, 0.717) is 0 Å². The van der Waals surface area contributed by atoms with Crippen LogP contribution in [0.4, 0.5) is 0 Å². The molecule has 2 nitrogen and oxygen atoms in total. The van der Waals surface area contributed by atoms with Crippen LogP contribution in [0.15, 0.2) is 23.5 Å². The van der Waals surface area contributed by atoms with Crippen molar-refractivity contribution in [3.8, 4) is 0 Å². The molecule has 1 heterocycles. The molecule has 0 aromatic carbocycles. The minimum atomic E-state index is 0.276. The molecule has 0 radical (unpaired) electrons. The van der Waals surface area contributed by atoms with Crippen LogP contribution in [0.5, 0.6) is 0 Å². The van der Waals surface area contributed by atoms with Gasteiger partial charge in [-0.1, -0.05) is 11.6 Å². The van der Waals surface area contributed by atoms with Gasteiger partial charge in [-0.15, -0.1) is 0 Å². The van der Waals surface area contributed by atoms with E-state index in [0.717, 1.165) is 19.1 Å². The zero-order valence-corrected chi connectivity index (χ0v) is 8.21. The monoisotopic (exact) mass is 177 g/mol. The second kappa shape index (κ2) is 2.18. The van der Waals surface area contributed by atoms with Gasteiger partial charge >= 0.3 is 0 Å². The summed E-state index contributed by atoms with van der Waals surface area (Å²) in [5, 5.41) is 0. The van der Waals surface area contributed by atoms with Gasteiger partial charge in [-0.2, -0.15) is 0 Å². The van der Waals surface area contributed by atoms with Gasteiger partial charge in [0.25, 0.3) is 0 Å². The fourth-order valence-electron chi connectivity index (χ4n) is 2.74. The highest BCUT2D eigenvalue weighted by molar-refractivity contribution is 5.43. The summed E-state index contributed by atoms with van der Waals surface area (Å²) in [6.07, 6.45) is 5.85. The average Bonchev–Trinajstić information content (AvgIpc) is 2.77. The molecule has 1 spiro atoms. The van der Waals surface area contributed by atoms with E-state index in [2.05, 4.69) is 31.0 Å². The van der Waals surface area contributed by atoms with Crippen molar-refractivity contribution in [3.05, 3.63) is 23.5 Å². The van der Waals surface area contributed by atoms with Crippen molar-refractivity contribution in [3.63, 3.8) is 0 Å². The zero-order valence-electron chi connectivity index (χ0n) is 8.21. The van der Waals surface area contributed by atoms with Crippen molar-refractivity contribution < 1.29 is 4.74 Å². The topological polar surface area (TPSA) is 12.5 Å². The summed E-state index contributed by atoms with van der Waals surface area (Å²) in [6.45, 7) is 4.08. The molecular formula is C11H15NO. The number of rotatable bonds is 0. The van der Waals surface area contributed by atoms with Crippen LogP contribution in [0.2, 0.25) is 0 Å². The van der Waals surface area contributed by atoms with E-state index in [4.69, 9.17) is 4.74 Å². The maximum atomic E-state index is 5.75. The molecule has 2 unspecified atom stereocenters. The standard InChI is InChI=1S/C11H15NO/c1-8-5-9-7-11(9)10(6-8)13-4-3-12(11)2/h5-6,9H,3-4,7H2,1-2H3. The summed E-state index contributed by atoms with van der Waals surface area (Å²) in [5.74, 6) is 1.93. The van der Waals surface area contributed by atoms with Crippen LogP contribution in [0, 0.1) is 5.92 Å². The molecule has 0 bridgehead atoms. The van der Waals surface area contributed by atoms with Crippen LogP contribution in [-0.4, -0.2) is 30.6 Å². The van der Waals surface area contributed by atoms with Crippen LogP contribution < -0.4 is 0 Å². The third-order valence-electron chi connectivity index (χ3n) is 3.60. The summed E-state index contributed by atoms with van der Waals surface area (Å²) in [5.41, 5.74) is 1.64. The van der Waals surface area contributed by atoms with E-state index < -0.39 is 0 Å². The molecule has 2 heteroatoms. The third-order valence-corrected chi connectivity index (χ3v) is 3.60. The minimum Gasteiger partial charge on any atom is -0.495 e. The molecule has 2 fully saturated rings. The maximum absolute atomic E-state index is 5.75. The van der Waals surface area contributed by atoms with Crippen molar-refractivity contribution in [1.82, 2.24) is 4.90 Å². The predicted molar refractivity (Wildman–Crippen MR) is 51.3 cm³/mol. The molecule has 1 aliphatic heterocycles. The number of nitrogens with zero attached hydrogens (tertiary/aromatic N) is 1. The molecule has 3 rings (SSSR count). The lowest BCUT2D eigenvalue weighted by Gasteiger charge is -2.37. The van der Waals surface area contributed by atoms with E-state index >= 15 is 0 Å². The largest absolute Gasteiger partial charge is 0.495 e. The van der Waals surface area contributed by atoms with Gasteiger partial charge < -0.3 is 4.74 Å². The van der Waals surface area contributed by atoms with Gasteiger partial charge in [0.05, 0.1) is 5.54 Å². The Balaban J connectivity index is 2.03. The Bertz CT molecular complexity index is 318. The zero-order chi connectivity index (χ0) is 9.05. The van der Waals surface area contributed by atoms with E-state index in [1.807, 2.05) is 0 Å². The number of morpholine rings is 1. The highest BCUT2D eigenvalue weighted by atomic mass is 16.5. The number of hydrogen-bond donors (Lipinski definition) is 0. The number of allylic oxidation sites excluding steroid dienone is 2. The molecular weight excluding hydrogens is 162 g/mol. The van der Waals surface area contributed by atoms with Gasteiger partial charge in [0.15, 0.2) is 0 Å². The van der Waals surface area contributed by atoms with E-state index in [9.17, 15) is 0 Å². The highest BCUT2D eigenvalue weighted by Crippen LogP contribution is 2.57. The first-order valence-corrected chi connectivity index (χ1v) is 4.98. The predicted octanol–water partition coefficient (Wildman–Crippen LogP) is 1.55. The first-order chi connectivity index (χ1) is 6.23. The Kier molecular flexibility index (Phi) is 1.28. The third kappa shape index (κ3) is 0.819. The van der Waals surface area contributed by atoms with Crippen molar-refractivity contribution in [2.45, 2.75) is 18.9 Å². The SMILES string of the molecule is CC1=CC2CC23C(=C1)OCCN3C. The quantitative estimate of drug-likeness (QED) is 0.556. The molecule has 2 atom stereocenters. The fourth-order valence-corrected chi connectivity index (χ4v) is 2.74. The first kappa shape index (κ1) is 7.63. The molecule has 1 saturated heterocycles. The molecule has 13 heavy (non-hydrogen) atoms. The van der Waals surface area contributed by atoms with E-state index in [1.165, 1.54) is 17.8 Å². The van der Waals surface area contributed by atoms with Gasteiger partial charge in [-0.3, -0.25) is 4.90 Å². The lowest BCUT2D eigenvalue weighted by Crippen LogP contribution is -2.45. The van der Waals surface area contributed by atoms with E-state index in [1.54, 1.807) is 0 Å². The normalized spacial score (nSPS) is 42.5. The summed E-state index contributed by atoms with van der Waals surface area (Å²) in [6, 6.07) is 0. The minimum absolute atomic E-state index is 0.276. The summed E-state index contributed by atoms with van der Waals surface area (Å²) < 4.78 is 5.75. The molecule has 70 valence electrons. The first-order valence-electron chi connectivity index (χ1n) is 4.98. The smallest absolute Gasteiger partial charge is 0.117 e. The van der Waals surface area contributed by atoms with Crippen molar-refractivity contribution in [2.75, 3.05) is 20.2 Å². The van der Waals surface area contributed by atoms with Crippen molar-refractivity contribution in [2.24, 2.45) is 5.92 Å². The van der Waals surface area contributed by atoms with Crippen molar-refractivity contribution >= 4 is 0 Å².